The zero-order chi connectivity index (χ0) is 13.2. The van der Waals surface area contributed by atoms with E-state index in [0.29, 0.717) is 0 Å². The molecule has 0 unspecified atom stereocenters. The molecule has 1 aliphatic rings. The van der Waals surface area contributed by atoms with Crippen molar-refractivity contribution in [3.63, 3.8) is 0 Å². The lowest BCUT2D eigenvalue weighted by Gasteiger charge is -2.27. The third-order valence-electron chi connectivity index (χ3n) is 3.57. The first kappa shape index (κ1) is 12.0. The van der Waals surface area contributed by atoms with Gasteiger partial charge in [0.05, 0.1) is 11.0 Å². The number of hydrogen-bond acceptors (Lipinski definition) is 3. The first-order valence-corrected chi connectivity index (χ1v) is 6.68. The molecule has 5 heteroatoms. The Kier molecular flexibility index (Phi) is 3.11. The van der Waals surface area contributed by atoms with E-state index >= 15 is 0 Å². The second-order valence-corrected chi connectivity index (χ2v) is 4.93. The molecular weight excluding hydrogens is 242 g/mol. The van der Waals surface area contributed by atoms with Gasteiger partial charge in [-0.1, -0.05) is 12.1 Å². The lowest BCUT2D eigenvalue weighted by atomic mass is 10.1. The minimum Gasteiger partial charge on any atom is -0.480 e. The molecule has 0 amide bonds. The van der Waals surface area contributed by atoms with Crippen molar-refractivity contribution in [2.45, 2.75) is 25.8 Å². The number of rotatable bonds is 3. The summed E-state index contributed by atoms with van der Waals surface area (Å²) in [6.45, 7) is 1.89. The van der Waals surface area contributed by atoms with Crippen LogP contribution >= 0.6 is 0 Å². The maximum absolute atomic E-state index is 11.1. The molecule has 19 heavy (non-hydrogen) atoms. The Bertz CT molecular complexity index is 600. The van der Waals surface area contributed by atoms with Crippen LogP contribution in [0.4, 0.5) is 5.95 Å². The predicted molar refractivity (Wildman–Crippen MR) is 73.4 cm³/mol. The van der Waals surface area contributed by atoms with E-state index in [-0.39, 0.29) is 6.54 Å². The quantitative estimate of drug-likeness (QED) is 0.917. The van der Waals surface area contributed by atoms with Gasteiger partial charge in [-0.05, 0) is 31.4 Å². The molecule has 1 fully saturated rings. The van der Waals surface area contributed by atoms with Crippen LogP contribution in [0, 0.1) is 0 Å². The number of para-hydroxylation sites is 2. The molecule has 5 nitrogen and oxygen atoms in total. The summed E-state index contributed by atoms with van der Waals surface area (Å²) in [5.41, 5.74) is 1.76. The molecule has 0 bridgehead atoms. The van der Waals surface area contributed by atoms with Gasteiger partial charge in [-0.25, -0.2) is 4.98 Å². The normalized spacial score (nSPS) is 15.9. The number of nitrogens with zero attached hydrogens (tertiary/aromatic N) is 3. The van der Waals surface area contributed by atoms with E-state index in [1.807, 2.05) is 28.8 Å². The first-order chi connectivity index (χ1) is 9.25. The fraction of sp³-hybridized carbons (Fsp3) is 0.429. The Hall–Kier alpha value is -2.04. The van der Waals surface area contributed by atoms with Gasteiger partial charge < -0.3 is 10.0 Å². The molecule has 1 aromatic heterocycles. The van der Waals surface area contributed by atoms with Gasteiger partial charge in [-0.2, -0.15) is 0 Å². The molecule has 0 spiro atoms. The van der Waals surface area contributed by atoms with Crippen molar-refractivity contribution >= 4 is 23.0 Å². The molecule has 1 aliphatic heterocycles. The van der Waals surface area contributed by atoms with Crippen LogP contribution < -0.4 is 4.90 Å². The lowest BCUT2D eigenvalue weighted by molar-refractivity contribution is -0.137. The van der Waals surface area contributed by atoms with Gasteiger partial charge in [0.25, 0.3) is 0 Å². The van der Waals surface area contributed by atoms with Crippen molar-refractivity contribution in [2.24, 2.45) is 0 Å². The van der Waals surface area contributed by atoms with E-state index in [1.165, 1.54) is 6.42 Å². The third kappa shape index (κ3) is 2.28. The number of anilines is 1. The first-order valence-electron chi connectivity index (χ1n) is 6.68. The van der Waals surface area contributed by atoms with Crippen LogP contribution in [0.15, 0.2) is 24.3 Å². The number of imidazole rings is 1. The van der Waals surface area contributed by atoms with E-state index in [2.05, 4.69) is 9.88 Å². The molecule has 0 radical (unpaired) electrons. The second kappa shape index (κ2) is 4.91. The predicted octanol–water partition coefficient (Wildman–Crippen LogP) is 2.11. The zero-order valence-corrected chi connectivity index (χ0v) is 10.7. The molecule has 3 rings (SSSR count). The number of benzene rings is 1. The number of fused-ring (bicyclic) bond motifs is 1. The van der Waals surface area contributed by atoms with Crippen molar-refractivity contribution in [1.82, 2.24) is 9.55 Å². The van der Waals surface area contributed by atoms with Crippen molar-refractivity contribution in [2.75, 3.05) is 18.0 Å². The van der Waals surface area contributed by atoms with Crippen molar-refractivity contribution in [3.05, 3.63) is 24.3 Å². The van der Waals surface area contributed by atoms with Crippen LogP contribution in [-0.4, -0.2) is 33.7 Å². The Morgan fingerprint density at radius 1 is 1.21 bits per heavy atom. The molecule has 0 aliphatic carbocycles. The molecule has 2 aromatic rings. The van der Waals surface area contributed by atoms with E-state index in [9.17, 15) is 4.79 Å². The van der Waals surface area contributed by atoms with Crippen LogP contribution in [0.25, 0.3) is 11.0 Å². The fourth-order valence-corrected chi connectivity index (χ4v) is 2.69. The zero-order valence-electron chi connectivity index (χ0n) is 10.7. The Morgan fingerprint density at radius 2 is 1.95 bits per heavy atom. The van der Waals surface area contributed by atoms with Crippen LogP contribution in [0.2, 0.25) is 0 Å². The lowest BCUT2D eigenvalue weighted by Crippen LogP contribution is -2.32. The number of hydrogen-bond donors (Lipinski definition) is 1. The number of carbonyl (C=O) groups is 1. The number of aromatic nitrogens is 2. The molecule has 2 heterocycles. The third-order valence-corrected chi connectivity index (χ3v) is 3.57. The second-order valence-electron chi connectivity index (χ2n) is 4.93. The highest BCUT2D eigenvalue weighted by Crippen LogP contribution is 2.24. The summed E-state index contributed by atoms with van der Waals surface area (Å²) in [7, 11) is 0. The number of carboxylic acids is 1. The topological polar surface area (TPSA) is 58.4 Å². The summed E-state index contributed by atoms with van der Waals surface area (Å²) < 4.78 is 1.81. The van der Waals surface area contributed by atoms with Crippen molar-refractivity contribution in [3.8, 4) is 0 Å². The molecule has 0 atom stereocenters. The molecule has 0 saturated carbocycles. The van der Waals surface area contributed by atoms with Crippen LogP contribution in [0.3, 0.4) is 0 Å². The van der Waals surface area contributed by atoms with Gasteiger partial charge in [-0.15, -0.1) is 0 Å². The number of carboxylic acid groups (broad SMARTS) is 1. The van der Waals surface area contributed by atoms with Gasteiger partial charge in [-0.3, -0.25) is 9.36 Å². The van der Waals surface area contributed by atoms with Gasteiger partial charge in [0.2, 0.25) is 5.95 Å². The Labute approximate surface area is 111 Å². The largest absolute Gasteiger partial charge is 0.480 e. The van der Waals surface area contributed by atoms with E-state index in [1.54, 1.807) is 0 Å². The van der Waals surface area contributed by atoms with Gasteiger partial charge >= 0.3 is 5.97 Å². The highest BCUT2D eigenvalue weighted by molar-refractivity contribution is 5.81. The van der Waals surface area contributed by atoms with E-state index in [0.717, 1.165) is 42.9 Å². The van der Waals surface area contributed by atoms with Crippen LogP contribution in [0.5, 0.6) is 0 Å². The summed E-state index contributed by atoms with van der Waals surface area (Å²) in [6.07, 6.45) is 3.54. The average Bonchev–Trinajstić information content (AvgIpc) is 2.78. The maximum Gasteiger partial charge on any atom is 0.323 e. The molecule has 100 valence electrons. The summed E-state index contributed by atoms with van der Waals surface area (Å²) in [5.74, 6) is -0.0373. The summed E-state index contributed by atoms with van der Waals surface area (Å²) in [5, 5.41) is 9.10. The molecule has 1 aromatic carbocycles. The van der Waals surface area contributed by atoms with Crippen molar-refractivity contribution < 1.29 is 9.90 Å². The van der Waals surface area contributed by atoms with Crippen molar-refractivity contribution in [1.29, 1.82) is 0 Å². The maximum atomic E-state index is 11.1. The van der Waals surface area contributed by atoms with E-state index < -0.39 is 5.97 Å². The van der Waals surface area contributed by atoms with Gasteiger partial charge in [0.15, 0.2) is 0 Å². The van der Waals surface area contributed by atoms with Gasteiger partial charge in [0.1, 0.15) is 6.54 Å². The van der Waals surface area contributed by atoms with Crippen LogP contribution in [-0.2, 0) is 11.3 Å². The minimum absolute atomic E-state index is 0.0354. The van der Waals surface area contributed by atoms with Crippen LogP contribution in [0.1, 0.15) is 19.3 Å². The highest BCUT2D eigenvalue weighted by atomic mass is 16.4. The summed E-state index contributed by atoms with van der Waals surface area (Å²) in [4.78, 5) is 17.9. The Morgan fingerprint density at radius 3 is 2.68 bits per heavy atom. The summed E-state index contributed by atoms with van der Waals surface area (Å²) >= 11 is 0. The minimum atomic E-state index is -0.832. The monoisotopic (exact) mass is 259 g/mol. The standard InChI is InChI=1S/C14H17N3O2/c18-13(19)10-17-12-7-3-2-6-11(12)15-14(17)16-8-4-1-5-9-16/h2-3,6-7H,1,4-5,8-10H2,(H,18,19). The van der Waals surface area contributed by atoms with Gasteiger partial charge in [0, 0.05) is 13.1 Å². The molecular formula is C14H17N3O2. The highest BCUT2D eigenvalue weighted by Gasteiger charge is 2.20. The molecule has 1 N–H and O–H groups in total. The van der Waals surface area contributed by atoms with E-state index in [4.69, 9.17) is 5.11 Å². The summed E-state index contributed by atoms with van der Waals surface area (Å²) in [6, 6.07) is 7.71. The smallest absolute Gasteiger partial charge is 0.323 e. The Balaban J connectivity index is 2.07. The fourth-order valence-electron chi connectivity index (χ4n) is 2.69. The number of piperidine rings is 1. The SMILES string of the molecule is O=C(O)Cn1c(N2CCCCC2)nc2ccccc21. The number of aliphatic carboxylic acids is 1. The molecule has 1 saturated heterocycles. The average molecular weight is 259 g/mol.